The number of amides is 1. The fraction of sp³-hybridized carbons (Fsp3) is 0.375. The molecule has 1 aromatic carbocycles. The predicted octanol–water partition coefficient (Wildman–Crippen LogP) is 2.67. The number of aryl methyl sites for hydroxylation is 1. The minimum Gasteiger partial charge on any atom is -0.324 e. The van der Waals surface area contributed by atoms with Crippen LogP contribution in [0.15, 0.2) is 26.6 Å². The number of carbonyl (C=O) groups excluding carboxylic acids is 1. The Hall–Kier alpha value is -2.07. The number of thioether (sulfide) groups is 1. The van der Waals surface area contributed by atoms with Gasteiger partial charge in [0, 0.05) is 17.4 Å². The van der Waals surface area contributed by atoms with Gasteiger partial charge in [-0.1, -0.05) is 18.2 Å². The number of benzene rings is 1. The monoisotopic (exact) mass is 436 g/mol. The summed E-state index contributed by atoms with van der Waals surface area (Å²) in [6, 6.07) is 3.48. The van der Waals surface area contributed by atoms with Crippen molar-refractivity contribution in [2.45, 2.75) is 37.4 Å². The Bertz CT molecular complexity index is 1020. The Morgan fingerprint density at radius 2 is 2.04 bits per heavy atom. The maximum absolute atomic E-state index is 12.3. The summed E-state index contributed by atoms with van der Waals surface area (Å²) in [4.78, 5) is 29.1. The van der Waals surface area contributed by atoms with Gasteiger partial charge in [0.25, 0.3) is 0 Å². The molecule has 0 radical (unpaired) electrons. The minimum atomic E-state index is -0.279. The third-order valence-electron chi connectivity index (χ3n) is 4.29. The molecule has 0 fully saturated rings. The van der Waals surface area contributed by atoms with E-state index in [4.69, 9.17) is 0 Å². The van der Waals surface area contributed by atoms with Crippen molar-refractivity contribution in [3.8, 4) is 0 Å². The van der Waals surface area contributed by atoms with E-state index in [9.17, 15) is 9.59 Å². The third kappa shape index (κ3) is 3.56. The average molecular weight is 437 g/mol. The number of nitrogens with zero attached hydrogens (tertiary/aromatic N) is 3. The lowest BCUT2D eigenvalue weighted by Gasteiger charge is -2.08. The summed E-state index contributed by atoms with van der Waals surface area (Å²) in [5, 5.41) is 12.1. The van der Waals surface area contributed by atoms with Gasteiger partial charge in [0.1, 0.15) is 5.82 Å². The maximum Gasteiger partial charge on any atom is 0.323 e. The normalized spacial score (nSPS) is 14.2. The molecule has 1 aliphatic heterocycles. The summed E-state index contributed by atoms with van der Waals surface area (Å²) in [5.74, 6) is 1.11. The van der Waals surface area contributed by atoms with Crippen LogP contribution in [0.3, 0.4) is 0 Å². The number of nitrogens with one attached hydrogen (secondary N) is 3. The summed E-state index contributed by atoms with van der Waals surface area (Å²) >= 11 is 4.81. The Morgan fingerprint density at radius 1 is 1.23 bits per heavy atom. The first-order valence-electron chi connectivity index (χ1n) is 8.36. The number of hydrogen-bond donors (Lipinski definition) is 3. The minimum absolute atomic E-state index is 0.140. The quantitative estimate of drug-likeness (QED) is 0.544. The fourth-order valence-corrected chi connectivity index (χ4v) is 4.26. The van der Waals surface area contributed by atoms with Gasteiger partial charge in [-0.05, 0) is 40.9 Å². The van der Waals surface area contributed by atoms with Crippen LogP contribution in [-0.4, -0.2) is 36.4 Å². The van der Waals surface area contributed by atoms with Gasteiger partial charge in [0.05, 0.1) is 22.5 Å². The molecule has 2 aromatic heterocycles. The lowest BCUT2D eigenvalue weighted by atomic mass is 10.2. The van der Waals surface area contributed by atoms with Crippen molar-refractivity contribution in [1.29, 1.82) is 0 Å². The number of aromatic nitrogens is 5. The number of halogens is 1. The summed E-state index contributed by atoms with van der Waals surface area (Å²) < 4.78 is 2.83. The number of fused-ring (bicyclic) bond motifs is 2. The molecule has 3 aromatic rings. The smallest absolute Gasteiger partial charge is 0.323 e. The van der Waals surface area contributed by atoms with Gasteiger partial charge in [-0.3, -0.25) is 4.79 Å². The second-order valence-electron chi connectivity index (χ2n) is 6.15. The Labute approximate surface area is 161 Å². The highest BCUT2D eigenvalue weighted by Crippen LogP contribution is 2.27. The number of hydrogen-bond acceptors (Lipinski definition) is 5. The van der Waals surface area contributed by atoms with Crippen molar-refractivity contribution in [2.24, 2.45) is 0 Å². The first-order chi connectivity index (χ1) is 12.6. The van der Waals surface area contributed by atoms with Crippen LogP contribution in [-0.2, 0) is 17.8 Å². The van der Waals surface area contributed by atoms with Gasteiger partial charge in [-0.25, -0.2) is 4.79 Å². The largest absolute Gasteiger partial charge is 0.324 e. The Morgan fingerprint density at radius 3 is 2.88 bits per heavy atom. The molecule has 0 saturated carbocycles. The van der Waals surface area contributed by atoms with Gasteiger partial charge >= 0.3 is 5.69 Å². The van der Waals surface area contributed by atoms with E-state index in [-0.39, 0.29) is 17.3 Å². The zero-order chi connectivity index (χ0) is 18.1. The molecule has 0 unspecified atom stereocenters. The molecule has 1 amide bonds. The molecule has 0 spiro atoms. The number of carbonyl (C=O) groups is 1. The molecule has 3 N–H and O–H groups in total. The first kappa shape index (κ1) is 17.3. The average Bonchev–Trinajstić information content (AvgIpc) is 3.06. The SMILES string of the molecule is O=C(CSc1nnc2n1CCCCC2)Nc1cc2[nH]c(=O)[nH]c2cc1Br. The Balaban J connectivity index is 1.44. The highest BCUT2D eigenvalue weighted by atomic mass is 79.9. The van der Waals surface area contributed by atoms with E-state index in [0.29, 0.717) is 21.2 Å². The molecule has 0 saturated heterocycles. The van der Waals surface area contributed by atoms with Crippen molar-refractivity contribution < 1.29 is 4.79 Å². The zero-order valence-electron chi connectivity index (χ0n) is 13.8. The van der Waals surface area contributed by atoms with E-state index >= 15 is 0 Å². The molecule has 4 rings (SSSR count). The summed E-state index contributed by atoms with van der Waals surface area (Å²) in [6.45, 7) is 0.912. The molecular weight excluding hydrogens is 420 g/mol. The van der Waals surface area contributed by atoms with Crippen molar-refractivity contribution in [3.63, 3.8) is 0 Å². The topological polar surface area (TPSA) is 108 Å². The van der Waals surface area contributed by atoms with Crippen LogP contribution in [0.25, 0.3) is 11.0 Å². The number of anilines is 1. The van der Waals surface area contributed by atoms with E-state index in [1.807, 2.05) is 0 Å². The predicted molar refractivity (Wildman–Crippen MR) is 104 cm³/mol. The van der Waals surface area contributed by atoms with Crippen molar-refractivity contribution in [2.75, 3.05) is 11.1 Å². The molecule has 3 heterocycles. The lowest BCUT2D eigenvalue weighted by Crippen LogP contribution is -2.15. The van der Waals surface area contributed by atoms with Crippen LogP contribution in [0.2, 0.25) is 0 Å². The van der Waals surface area contributed by atoms with Crippen molar-refractivity contribution in [3.05, 3.63) is 32.9 Å². The van der Waals surface area contributed by atoms with Crippen LogP contribution in [0.4, 0.5) is 5.69 Å². The van der Waals surface area contributed by atoms with E-state index in [1.54, 1.807) is 12.1 Å². The third-order valence-corrected chi connectivity index (χ3v) is 5.91. The standard InChI is InChI=1S/C16H17BrN6O2S/c17-9-6-11-12(20-15(25)19-11)7-10(9)18-14(24)8-26-16-22-21-13-4-2-1-3-5-23(13)16/h6-7H,1-5,8H2,(H,18,24)(H2,19,20,25). The molecule has 26 heavy (non-hydrogen) atoms. The number of H-pyrrole nitrogens is 2. The van der Waals surface area contributed by atoms with Crippen LogP contribution < -0.4 is 11.0 Å². The van der Waals surface area contributed by atoms with Gasteiger partial charge in [-0.2, -0.15) is 0 Å². The second-order valence-corrected chi connectivity index (χ2v) is 7.95. The van der Waals surface area contributed by atoms with Gasteiger partial charge in [0.15, 0.2) is 5.16 Å². The Kier molecular flexibility index (Phi) is 4.86. The molecule has 0 aliphatic carbocycles. The van der Waals surface area contributed by atoms with Crippen LogP contribution >= 0.6 is 27.7 Å². The second kappa shape index (κ2) is 7.28. The summed E-state index contributed by atoms with van der Waals surface area (Å²) in [6.07, 6.45) is 4.40. The molecular formula is C16H17BrN6O2S. The summed E-state index contributed by atoms with van der Waals surface area (Å²) in [7, 11) is 0. The number of aromatic amines is 2. The molecule has 1 aliphatic rings. The van der Waals surface area contributed by atoms with Crippen LogP contribution in [0.1, 0.15) is 25.1 Å². The molecule has 0 bridgehead atoms. The maximum atomic E-state index is 12.3. The van der Waals surface area contributed by atoms with Crippen LogP contribution in [0, 0.1) is 0 Å². The molecule has 8 nitrogen and oxygen atoms in total. The number of rotatable bonds is 4. The lowest BCUT2D eigenvalue weighted by molar-refractivity contribution is -0.113. The van der Waals surface area contributed by atoms with E-state index in [1.165, 1.54) is 18.2 Å². The fourth-order valence-electron chi connectivity index (χ4n) is 3.03. The van der Waals surface area contributed by atoms with E-state index in [2.05, 4.69) is 46.0 Å². The van der Waals surface area contributed by atoms with Gasteiger partial charge < -0.3 is 19.9 Å². The number of imidazole rings is 1. The molecule has 0 atom stereocenters. The van der Waals surface area contributed by atoms with E-state index < -0.39 is 0 Å². The highest BCUT2D eigenvalue weighted by Gasteiger charge is 2.16. The first-order valence-corrected chi connectivity index (χ1v) is 10.1. The summed E-state index contributed by atoms with van der Waals surface area (Å²) in [5.41, 5.74) is 1.65. The van der Waals surface area contributed by atoms with Crippen LogP contribution in [0.5, 0.6) is 0 Å². The molecule has 10 heteroatoms. The highest BCUT2D eigenvalue weighted by molar-refractivity contribution is 9.10. The zero-order valence-corrected chi connectivity index (χ0v) is 16.2. The van der Waals surface area contributed by atoms with Gasteiger partial charge in [-0.15, -0.1) is 10.2 Å². The van der Waals surface area contributed by atoms with Crippen molar-refractivity contribution >= 4 is 50.3 Å². The van der Waals surface area contributed by atoms with Crippen molar-refractivity contribution in [1.82, 2.24) is 24.7 Å². The molecule has 136 valence electrons. The van der Waals surface area contributed by atoms with Gasteiger partial charge in [0.2, 0.25) is 5.91 Å². The van der Waals surface area contributed by atoms with E-state index in [0.717, 1.165) is 36.8 Å².